The fourth-order valence-electron chi connectivity index (χ4n) is 10.5. The lowest BCUT2D eigenvalue weighted by Crippen LogP contribution is -2.07. The highest BCUT2D eigenvalue weighted by molar-refractivity contribution is 6.22. The van der Waals surface area contributed by atoms with Gasteiger partial charge in [-0.05, 0) is 171 Å². The van der Waals surface area contributed by atoms with Crippen LogP contribution in [0.2, 0.25) is 0 Å². The van der Waals surface area contributed by atoms with Crippen LogP contribution in [0, 0.1) is 0 Å². The quantitative estimate of drug-likeness (QED) is 0.153. The summed E-state index contributed by atoms with van der Waals surface area (Å²) in [5.41, 5.74) is 18.5. The monoisotopic (exact) mass is 762 g/mol. The van der Waals surface area contributed by atoms with Gasteiger partial charge in [0.1, 0.15) is 0 Å². The topological polar surface area (TPSA) is 0 Å². The Hall–Kier alpha value is -7.28. The van der Waals surface area contributed by atoms with E-state index in [1.54, 1.807) is 11.1 Å². The van der Waals surface area contributed by atoms with Crippen LogP contribution in [0.3, 0.4) is 0 Å². The first kappa shape index (κ1) is 34.7. The maximum Gasteiger partial charge on any atom is -0.00259 e. The van der Waals surface area contributed by atoms with Crippen molar-refractivity contribution in [2.24, 2.45) is 0 Å². The molecule has 0 aromatic heterocycles. The summed E-state index contributed by atoms with van der Waals surface area (Å²) in [5.74, 6) is 0. The van der Waals surface area contributed by atoms with Crippen LogP contribution < -0.4 is 0 Å². The fourth-order valence-corrected chi connectivity index (χ4v) is 10.5. The van der Waals surface area contributed by atoms with Crippen LogP contribution in [0.5, 0.6) is 0 Å². The molecule has 10 aromatic carbocycles. The number of hydrogen-bond donors (Lipinski definition) is 0. The van der Waals surface area contributed by atoms with Gasteiger partial charge >= 0.3 is 0 Å². The molecule has 0 atom stereocenters. The summed E-state index contributed by atoms with van der Waals surface area (Å²) in [6.45, 7) is 0. The van der Waals surface area contributed by atoms with E-state index in [9.17, 15) is 0 Å². The predicted molar refractivity (Wildman–Crippen MR) is 258 cm³/mol. The molecule has 2 aliphatic rings. The van der Waals surface area contributed by atoms with Gasteiger partial charge in [-0.3, -0.25) is 0 Å². The van der Waals surface area contributed by atoms with Crippen molar-refractivity contribution in [2.75, 3.05) is 0 Å². The van der Waals surface area contributed by atoms with Crippen LogP contribution in [-0.4, -0.2) is 0 Å². The Balaban J connectivity index is 1.13. The molecule has 10 aromatic rings. The molecule has 282 valence electrons. The lowest BCUT2D eigenvalue weighted by atomic mass is 9.80. The zero-order chi connectivity index (χ0) is 39.6. The molecule has 0 bridgehead atoms. The lowest BCUT2D eigenvalue weighted by Gasteiger charge is -2.24. The molecule has 12 rings (SSSR count). The summed E-state index contributed by atoms with van der Waals surface area (Å²) >= 11 is 0. The van der Waals surface area contributed by atoms with E-state index in [1.165, 1.54) is 110 Å². The Morgan fingerprint density at radius 2 is 0.783 bits per heavy atom. The summed E-state index contributed by atoms with van der Waals surface area (Å²) in [7, 11) is 0. The maximum atomic E-state index is 2.47. The van der Waals surface area contributed by atoms with Gasteiger partial charge in [0.2, 0.25) is 0 Å². The van der Waals surface area contributed by atoms with Crippen LogP contribution in [0.1, 0.15) is 35.1 Å². The van der Waals surface area contributed by atoms with Crippen molar-refractivity contribution in [3.05, 3.63) is 216 Å². The van der Waals surface area contributed by atoms with Crippen molar-refractivity contribution in [3.63, 3.8) is 0 Å². The Bertz CT molecular complexity index is 3420. The number of fused-ring (bicyclic) bond motifs is 7. The SMILES string of the molecule is C1=Cc2cc(-c3cccc(-c4c5ccccc5c(-c5cccc(-c6cccc7ccccc67)c5)c5ccc(-c6cccc7ccccc67)cc45)c3)c3c(c2CC1)CCC=C3. The van der Waals surface area contributed by atoms with Gasteiger partial charge in [-0.15, -0.1) is 0 Å². The number of hydrogen-bond acceptors (Lipinski definition) is 0. The molecule has 0 saturated carbocycles. The smallest absolute Gasteiger partial charge is 0.00259 e. The van der Waals surface area contributed by atoms with Gasteiger partial charge in [0.25, 0.3) is 0 Å². The highest BCUT2D eigenvalue weighted by Gasteiger charge is 2.22. The van der Waals surface area contributed by atoms with Gasteiger partial charge in [0.05, 0.1) is 0 Å². The van der Waals surface area contributed by atoms with Gasteiger partial charge in [-0.2, -0.15) is 0 Å². The minimum atomic E-state index is 1.11. The molecule has 60 heavy (non-hydrogen) atoms. The summed E-state index contributed by atoms with van der Waals surface area (Å²) in [5, 5.41) is 10.1. The zero-order valence-electron chi connectivity index (χ0n) is 33.5. The largest absolute Gasteiger partial charge is 0.0836 e. The van der Waals surface area contributed by atoms with Crippen molar-refractivity contribution in [1.82, 2.24) is 0 Å². The molecule has 0 nitrogen and oxygen atoms in total. The molecule has 0 unspecified atom stereocenters. The van der Waals surface area contributed by atoms with E-state index >= 15 is 0 Å². The second kappa shape index (κ2) is 14.2. The fraction of sp³-hybridized carbons (Fsp3) is 0.0667. The van der Waals surface area contributed by atoms with E-state index in [4.69, 9.17) is 0 Å². The third-order valence-corrected chi connectivity index (χ3v) is 13.2. The summed E-state index contributed by atoms with van der Waals surface area (Å²) in [4.78, 5) is 0. The molecular formula is C60H42. The zero-order valence-corrected chi connectivity index (χ0v) is 33.5. The van der Waals surface area contributed by atoms with Gasteiger partial charge in [-0.25, -0.2) is 0 Å². The van der Waals surface area contributed by atoms with E-state index in [0.717, 1.165) is 25.7 Å². The second-order valence-electron chi connectivity index (χ2n) is 16.5. The van der Waals surface area contributed by atoms with E-state index in [0.29, 0.717) is 0 Å². The Morgan fingerprint density at radius 1 is 0.300 bits per heavy atom. The van der Waals surface area contributed by atoms with Gasteiger partial charge in [0, 0.05) is 0 Å². The van der Waals surface area contributed by atoms with Crippen molar-refractivity contribution < 1.29 is 0 Å². The average Bonchev–Trinajstić information content (AvgIpc) is 3.32. The van der Waals surface area contributed by atoms with Gasteiger partial charge in [-0.1, -0.05) is 182 Å². The first-order valence-electron chi connectivity index (χ1n) is 21.4. The number of allylic oxidation sites excluding steroid dienone is 2. The minimum Gasteiger partial charge on any atom is -0.0836 e. The summed E-state index contributed by atoms with van der Waals surface area (Å²) < 4.78 is 0. The molecular weight excluding hydrogens is 721 g/mol. The molecule has 2 aliphatic carbocycles. The van der Waals surface area contributed by atoms with Gasteiger partial charge < -0.3 is 0 Å². The normalized spacial score (nSPS) is 13.3. The molecule has 0 amide bonds. The standard InChI is InChI=1S/C60H42/c1-4-24-47-39(15-1)18-13-31-49(47)41-20-11-22-45(35-41)59-54-29-9-10-30-55(54)60(58-38-44(33-34-56(58)59)50-32-14-19-40-16-2-5-25-48(40)50)46-23-12-21-42(36-46)57-37-43-17-3-6-26-51(43)52-27-7-8-28-53(52)57/h1-5,8-25,28-38H,6-7,26-27H2. The molecule has 0 heteroatoms. The highest BCUT2D eigenvalue weighted by atomic mass is 14.3. The molecule has 0 spiro atoms. The van der Waals surface area contributed by atoms with Crippen molar-refractivity contribution in [2.45, 2.75) is 25.7 Å². The first-order chi connectivity index (χ1) is 29.8. The Labute approximate surface area is 351 Å². The third-order valence-electron chi connectivity index (χ3n) is 13.2. The van der Waals surface area contributed by atoms with Crippen LogP contribution in [-0.2, 0) is 12.8 Å². The van der Waals surface area contributed by atoms with Crippen molar-refractivity contribution in [3.8, 4) is 55.6 Å². The Kier molecular flexibility index (Phi) is 8.23. The van der Waals surface area contributed by atoms with Crippen LogP contribution in [0.15, 0.2) is 194 Å². The van der Waals surface area contributed by atoms with Crippen molar-refractivity contribution in [1.29, 1.82) is 0 Å². The molecule has 0 aliphatic heterocycles. The number of benzene rings is 10. The van der Waals surface area contributed by atoms with E-state index in [-0.39, 0.29) is 0 Å². The van der Waals surface area contributed by atoms with Crippen LogP contribution in [0.25, 0.3) is 111 Å². The maximum absolute atomic E-state index is 2.47. The molecule has 0 heterocycles. The van der Waals surface area contributed by atoms with E-state index in [1.807, 2.05) is 0 Å². The van der Waals surface area contributed by atoms with Crippen molar-refractivity contribution >= 4 is 55.2 Å². The van der Waals surface area contributed by atoms with Gasteiger partial charge in [0.15, 0.2) is 0 Å². The summed E-state index contributed by atoms with van der Waals surface area (Å²) in [6, 6.07) is 68.2. The minimum absolute atomic E-state index is 1.11. The predicted octanol–water partition coefficient (Wildman–Crippen LogP) is 16.6. The van der Waals surface area contributed by atoms with Crippen LogP contribution >= 0.6 is 0 Å². The van der Waals surface area contributed by atoms with Crippen LogP contribution in [0.4, 0.5) is 0 Å². The van der Waals surface area contributed by atoms with E-state index < -0.39 is 0 Å². The Morgan fingerprint density at radius 3 is 1.45 bits per heavy atom. The third kappa shape index (κ3) is 5.67. The molecule has 0 fully saturated rings. The molecule has 0 N–H and O–H groups in total. The lowest BCUT2D eigenvalue weighted by molar-refractivity contribution is 0.906. The average molecular weight is 763 g/mol. The number of rotatable bonds is 5. The first-order valence-corrected chi connectivity index (χ1v) is 21.4. The van der Waals surface area contributed by atoms with E-state index in [2.05, 4.69) is 206 Å². The highest BCUT2D eigenvalue weighted by Crippen LogP contribution is 2.47. The molecule has 0 radical (unpaired) electrons. The molecule has 0 saturated heterocycles. The summed E-state index contributed by atoms with van der Waals surface area (Å²) in [6.07, 6.45) is 13.9. The second-order valence-corrected chi connectivity index (χ2v) is 16.5.